The Labute approximate surface area is 113 Å². The highest BCUT2D eigenvalue weighted by atomic mass is 32.2. The van der Waals surface area contributed by atoms with Gasteiger partial charge in [-0.05, 0) is 25.7 Å². The molecule has 2 heterocycles. The van der Waals surface area contributed by atoms with Crippen LogP contribution in [-0.2, 0) is 21.3 Å². The summed E-state index contributed by atoms with van der Waals surface area (Å²) >= 11 is 0. The lowest BCUT2D eigenvalue weighted by Crippen LogP contribution is -2.33. The predicted molar refractivity (Wildman–Crippen MR) is 69.9 cm³/mol. The number of nitrogens with two attached hydrogens (primary N) is 1. The first-order chi connectivity index (χ1) is 9.04. The molecule has 0 aliphatic carbocycles. The predicted octanol–water partition coefficient (Wildman–Crippen LogP) is -0.118. The van der Waals surface area contributed by atoms with E-state index in [9.17, 15) is 8.42 Å². The zero-order valence-electron chi connectivity index (χ0n) is 11.0. The average molecular weight is 288 g/mol. The van der Waals surface area contributed by atoms with Crippen LogP contribution < -0.4 is 10.5 Å². The summed E-state index contributed by atoms with van der Waals surface area (Å²) in [6, 6.07) is 0. The van der Waals surface area contributed by atoms with Crippen molar-refractivity contribution in [3.05, 3.63) is 11.4 Å². The van der Waals surface area contributed by atoms with E-state index in [1.807, 2.05) is 0 Å². The van der Waals surface area contributed by atoms with Crippen LogP contribution in [0.2, 0.25) is 0 Å². The fraction of sp³-hybridized carbons (Fsp3) is 0.727. The van der Waals surface area contributed by atoms with Crippen molar-refractivity contribution in [2.75, 3.05) is 19.8 Å². The number of H-pyrrole nitrogens is 1. The summed E-state index contributed by atoms with van der Waals surface area (Å²) in [5, 5.41) is 6.56. The number of nitrogens with one attached hydrogen (secondary N) is 2. The van der Waals surface area contributed by atoms with Crippen LogP contribution in [-0.4, -0.2) is 38.4 Å². The molecule has 1 aliphatic rings. The molecule has 1 fully saturated rings. The molecule has 0 radical (unpaired) electrons. The summed E-state index contributed by atoms with van der Waals surface area (Å²) in [4.78, 5) is 0.173. The molecule has 1 aromatic rings. The second-order valence-corrected chi connectivity index (χ2v) is 6.47. The van der Waals surface area contributed by atoms with Crippen LogP contribution in [0.4, 0.5) is 0 Å². The van der Waals surface area contributed by atoms with Crippen molar-refractivity contribution >= 4 is 10.0 Å². The monoisotopic (exact) mass is 288 g/mol. The molecule has 0 aromatic carbocycles. The molecule has 0 spiro atoms. The van der Waals surface area contributed by atoms with Gasteiger partial charge < -0.3 is 10.5 Å². The fourth-order valence-electron chi connectivity index (χ4n) is 2.23. The molecular formula is C11H20N4O3S. The molecule has 1 saturated heterocycles. The summed E-state index contributed by atoms with van der Waals surface area (Å²) < 4.78 is 32.5. The normalized spacial score (nSPS) is 20.6. The van der Waals surface area contributed by atoms with Gasteiger partial charge in [0.05, 0.1) is 18.0 Å². The summed E-state index contributed by atoms with van der Waals surface area (Å²) in [6.45, 7) is 3.52. The Kier molecular flexibility index (Phi) is 4.56. The summed E-state index contributed by atoms with van der Waals surface area (Å²) in [7, 11) is -3.57. The minimum atomic E-state index is -3.57. The van der Waals surface area contributed by atoms with Gasteiger partial charge in [0, 0.05) is 19.7 Å². The molecular weight excluding hydrogens is 268 g/mol. The Balaban J connectivity index is 2.07. The van der Waals surface area contributed by atoms with Gasteiger partial charge in [-0.2, -0.15) is 5.10 Å². The molecule has 19 heavy (non-hydrogen) atoms. The maximum absolute atomic E-state index is 12.3. The van der Waals surface area contributed by atoms with Crippen molar-refractivity contribution < 1.29 is 13.2 Å². The van der Waals surface area contributed by atoms with Gasteiger partial charge in [-0.3, -0.25) is 5.10 Å². The van der Waals surface area contributed by atoms with Crippen molar-refractivity contribution in [1.29, 1.82) is 0 Å². The van der Waals surface area contributed by atoms with Gasteiger partial charge in [0.2, 0.25) is 10.0 Å². The molecule has 108 valence electrons. The van der Waals surface area contributed by atoms with Crippen molar-refractivity contribution in [3.8, 4) is 0 Å². The summed E-state index contributed by atoms with van der Waals surface area (Å²) in [6.07, 6.45) is 1.96. The first kappa shape index (κ1) is 14.4. The van der Waals surface area contributed by atoms with E-state index in [2.05, 4.69) is 14.9 Å². The number of ether oxygens (including phenoxy) is 1. The lowest BCUT2D eigenvalue weighted by atomic mass is 10.0. The van der Waals surface area contributed by atoms with Crippen molar-refractivity contribution in [1.82, 2.24) is 14.9 Å². The van der Waals surface area contributed by atoms with E-state index in [1.165, 1.54) is 0 Å². The van der Waals surface area contributed by atoms with Gasteiger partial charge in [-0.25, -0.2) is 13.1 Å². The number of aryl methyl sites for hydroxylation is 1. The Hall–Kier alpha value is -0.960. The first-order valence-electron chi connectivity index (χ1n) is 6.36. The van der Waals surface area contributed by atoms with Crippen molar-refractivity contribution in [3.63, 3.8) is 0 Å². The van der Waals surface area contributed by atoms with Crippen LogP contribution in [0, 0.1) is 12.8 Å². The number of aromatic amines is 1. The Morgan fingerprint density at radius 3 is 3.00 bits per heavy atom. The van der Waals surface area contributed by atoms with E-state index in [1.54, 1.807) is 6.92 Å². The summed E-state index contributed by atoms with van der Waals surface area (Å²) in [5.41, 5.74) is 6.38. The molecule has 1 unspecified atom stereocenters. The largest absolute Gasteiger partial charge is 0.381 e. The maximum Gasteiger partial charge on any atom is 0.244 e. The van der Waals surface area contributed by atoms with Crippen molar-refractivity contribution in [2.24, 2.45) is 11.7 Å². The Morgan fingerprint density at radius 2 is 2.37 bits per heavy atom. The average Bonchev–Trinajstić information content (AvgIpc) is 2.80. The second-order valence-electron chi connectivity index (χ2n) is 4.76. The van der Waals surface area contributed by atoms with Crippen molar-refractivity contribution in [2.45, 2.75) is 31.2 Å². The van der Waals surface area contributed by atoms with Crippen LogP contribution in [0.1, 0.15) is 24.2 Å². The molecule has 0 amide bonds. The molecule has 1 aliphatic heterocycles. The second kappa shape index (κ2) is 6.00. The van der Waals surface area contributed by atoms with E-state index in [0.717, 1.165) is 19.4 Å². The lowest BCUT2D eigenvalue weighted by Gasteiger charge is -2.22. The van der Waals surface area contributed by atoms with E-state index in [-0.39, 0.29) is 17.4 Å². The molecule has 0 bridgehead atoms. The lowest BCUT2D eigenvalue weighted by molar-refractivity contribution is 0.0568. The van der Waals surface area contributed by atoms with Gasteiger partial charge >= 0.3 is 0 Å². The Morgan fingerprint density at radius 1 is 1.58 bits per heavy atom. The number of hydrogen-bond acceptors (Lipinski definition) is 5. The highest BCUT2D eigenvalue weighted by Crippen LogP contribution is 2.18. The number of nitrogens with zero attached hydrogens (tertiary/aromatic N) is 1. The summed E-state index contributed by atoms with van der Waals surface area (Å²) in [5.74, 6) is 0.233. The van der Waals surface area contributed by atoms with Gasteiger partial charge in [0.1, 0.15) is 4.90 Å². The van der Waals surface area contributed by atoms with E-state index in [4.69, 9.17) is 10.5 Å². The van der Waals surface area contributed by atoms with Gasteiger partial charge in [-0.1, -0.05) is 0 Å². The zero-order chi connectivity index (χ0) is 13.9. The van der Waals surface area contributed by atoms with Gasteiger partial charge in [-0.15, -0.1) is 0 Å². The molecule has 2 rings (SSSR count). The van der Waals surface area contributed by atoms with Gasteiger partial charge in [0.25, 0.3) is 0 Å². The number of rotatable bonds is 5. The third-order valence-corrected chi connectivity index (χ3v) is 4.87. The third-order valence-electron chi connectivity index (χ3n) is 3.24. The molecule has 0 saturated carbocycles. The van der Waals surface area contributed by atoms with Crippen LogP contribution in [0.25, 0.3) is 0 Å². The van der Waals surface area contributed by atoms with Crippen LogP contribution >= 0.6 is 0 Å². The number of sulfonamides is 1. The van der Waals surface area contributed by atoms with Gasteiger partial charge in [0.15, 0.2) is 0 Å². The first-order valence-corrected chi connectivity index (χ1v) is 7.84. The van der Waals surface area contributed by atoms with E-state index < -0.39 is 10.0 Å². The third kappa shape index (κ3) is 3.33. The number of aromatic nitrogens is 2. The van der Waals surface area contributed by atoms with Crippen LogP contribution in [0.5, 0.6) is 0 Å². The highest BCUT2D eigenvalue weighted by molar-refractivity contribution is 7.89. The molecule has 1 aromatic heterocycles. The molecule has 8 heteroatoms. The fourth-order valence-corrected chi connectivity index (χ4v) is 3.72. The minimum absolute atomic E-state index is 0.0904. The minimum Gasteiger partial charge on any atom is -0.381 e. The standard InChI is InChI=1S/C11H20N4O3S/c1-8-11(10(5-12)15-14-8)19(16,17)13-6-9-3-2-4-18-7-9/h9,13H,2-7,12H2,1H3,(H,14,15). The van der Waals surface area contributed by atoms with E-state index in [0.29, 0.717) is 24.5 Å². The van der Waals surface area contributed by atoms with Crippen LogP contribution in [0.3, 0.4) is 0 Å². The highest BCUT2D eigenvalue weighted by Gasteiger charge is 2.25. The molecule has 7 nitrogen and oxygen atoms in total. The zero-order valence-corrected chi connectivity index (χ0v) is 11.8. The quantitative estimate of drug-likeness (QED) is 0.700. The Bertz CT molecular complexity index is 520. The van der Waals surface area contributed by atoms with E-state index >= 15 is 0 Å². The maximum atomic E-state index is 12.3. The molecule has 1 atom stereocenters. The topological polar surface area (TPSA) is 110 Å². The van der Waals surface area contributed by atoms with Crippen LogP contribution in [0.15, 0.2) is 4.90 Å². The number of hydrogen-bond donors (Lipinski definition) is 3. The SMILES string of the molecule is Cc1[nH]nc(CN)c1S(=O)(=O)NCC1CCCOC1. The smallest absolute Gasteiger partial charge is 0.244 e. The molecule has 4 N–H and O–H groups in total.